The summed E-state index contributed by atoms with van der Waals surface area (Å²) in [7, 11) is 0. The number of hydrogen-bond donors (Lipinski definition) is 1. The third kappa shape index (κ3) is 2.97. The Bertz CT molecular complexity index is 434. The molecule has 1 saturated heterocycles. The molecule has 0 radical (unpaired) electrons. The Hall–Kier alpha value is -1.39. The van der Waals surface area contributed by atoms with Crippen molar-refractivity contribution in [3.05, 3.63) is 0 Å². The first-order valence-corrected chi connectivity index (χ1v) is 8.22. The molecule has 3 rings (SSSR count). The predicted molar refractivity (Wildman–Crippen MR) is 77.1 cm³/mol. The molecule has 2 aliphatic carbocycles. The maximum atomic E-state index is 12.3. The summed E-state index contributed by atoms with van der Waals surface area (Å²) in [5, 5.41) is 2.97. The van der Waals surface area contributed by atoms with E-state index in [9.17, 15) is 14.4 Å². The Balaban J connectivity index is 1.51. The van der Waals surface area contributed by atoms with E-state index in [1.807, 2.05) is 6.92 Å². The molecule has 3 fully saturated rings. The minimum Gasteiger partial charge on any atom is -0.353 e. The van der Waals surface area contributed by atoms with Crippen LogP contribution in [-0.4, -0.2) is 35.2 Å². The fourth-order valence-electron chi connectivity index (χ4n) is 3.70. The lowest BCUT2D eigenvalue weighted by atomic mass is 9.81. The highest BCUT2D eigenvalue weighted by Gasteiger charge is 2.47. The fraction of sp³-hybridized carbons (Fsp3) is 0.812. The third-order valence-electron chi connectivity index (χ3n) is 5.21. The Kier molecular flexibility index (Phi) is 4.00. The summed E-state index contributed by atoms with van der Waals surface area (Å²) in [6.07, 6.45) is 6.34. The Morgan fingerprint density at radius 2 is 1.71 bits per heavy atom. The van der Waals surface area contributed by atoms with Gasteiger partial charge < -0.3 is 5.32 Å². The zero-order valence-electron chi connectivity index (χ0n) is 12.6. The van der Waals surface area contributed by atoms with Crippen molar-refractivity contribution in [3.8, 4) is 0 Å². The van der Waals surface area contributed by atoms with Crippen molar-refractivity contribution in [2.24, 2.45) is 17.8 Å². The van der Waals surface area contributed by atoms with Gasteiger partial charge in [0, 0.05) is 19.0 Å². The zero-order chi connectivity index (χ0) is 15.0. The van der Waals surface area contributed by atoms with Crippen LogP contribution in [-0.2, 0) is 14.4 Å². The molecular weight excluding hydrogens is 268 g/mol. The van der Waals surface area contributed by atoms with Crippen molar-refractivity contribution in [2.45, 2.75) is 57.9 Å². The van der Waals surface area contributed by atoms with Crippen molar-refractivity contribution < 1.29 is 14.4 Å². The molecule has 5 nitrogen and oxygen atoms in total. The molecule has 1 aliphatic heterocycles. The first-order chi connectivity index (χ1) is 10.1. The van der Waals surface area contributed by atoms with E-state index in [0.717, 1.165) is 25.7 Å². The minimum absolute atomic E-state index is 0.0484. The molecule has 0 aromatic heterocycles. The maximum absolute atomic E-state index is 12.3. The van der Waals surface area contributed by atoms with Gasteiger partial charge in [-0.1, -0.05) is 12.8 Å². The van der Waals surface area contributed by atoms with Gasteiger partial charge in [0.15, 0.2) is 0 Å². The van der Waals surface area contributed by atoms with Gasteiger partial charge in [-0.2, -0.15) is 0 Å². The summed E-state index contributed by atoms with van der Waals surface area (Å²) in [6, 6.07) is 0.213. The number of rotatable bonds is 5. The van der Waals surface area contributed by atoms with E-state index < -0.39 is 0 Å². The van der Waals surface area contributed by atoms with Crippen molar-refractivity contribution in [2.75, 3.05) is 6.54 Å². The van der Waals surface area contributed by atoms with Crippen molar-refractivity contribution in [1.82, 2.24) is 10.2 Å². The summed E-state index contributed by atoms with van der Waals surface area (Å²) < 4.78 is 0. The molecule has 0 spiro atoms. The van der Waals surface area contributed by atoms with Crippen LogP contribution in [0.2, 0.25) is 0 Å². The van der Waals surface area contributed by atoms with E-state index >= 15 is 0 Å². The fourth-order valence-corrected chi connectivity index (χ4v) is 3.70. The average Bonchev–Trinajstić information content (AvgIpc) is 3.28. The monoisotopic (exact) mass is 292 g/mol. The van der Waals surface area contributed by atoms with E-state index in [-0.39, 0.29) is 48.6 Å². The SMILES string of the molecule is C[C@@H](NC(=O)CCN1C(=O)[C@H]2CCCC[C@@H]2C1=O)C1CC1. The van der Waals surface area contributed by atoms with Crippen LogP contribution in [0.3, 0.4) is 0 Å². The molecule has 3 aliphatic rings. The van der Waals surface area contributed by atoms with Gasteiger partial charge in [0.1, 0.15) is 0 Å². The maximum Gasteiger partial charge on any atom is 0.233 e. The first kappa shape index (κ1) is 14.5. The highest BCUT2D eigenvalue weighted by Crippen LogP contribution is 2.38. The molecule has 0 unspecified atom stereocenters. The van der Waals surface area contributed by atoms with Gasteiger partial charge in [-0.25, -0.2) is 0 Å². The van der Waals surface area contributed by atoms with E-state index in [0.29, 0.717) is 5.92 Å². The van der Waals surface area contributed by atoms with Crippen LogP contribution < -0.4 is 5.32 Å². The molecule has 0 bridgehead atoms. The van der Waals surface area contributed by atoms with E-state index in [1.54, 1.807) is 0 Å². The summed E-state index contributed by atoms with van der Waals surface area (Å²) in [4.78, 5) is 37.8. The van der Waals surface area contributed by atoms with Crippen molar-refractivity contribution in [1.29, 1.82) is 0 Å². The van der Waals surface area contributed by atoms with Crippen LogP contribution in [0.1, 0.15) is 51.9 Å². The van der Waals surface area contributed by atoms with Crippen LogP contribution in [0, 0.1) is 17.8 Å². The molecule has 3 atom stereocenters. The topological polar surface area (TPSA) is 66.5 Å². The van der Waals surface area contributed by atoms with Gasteiger partial charge in [0.25, 0.3) is 0 Å². The quantitative estimate of drug-likeness (QED) is 0.780. The molecule has 1 heterocycles. The lowest BCUT2D eigenvalue weighted by Gasteiger charge is -2.19. The number of imide groups is 1. The molecule has 5 heteroatoms. The second kappa shape index (κ2) is 5.78. The van der Waals surface area contributed by atoms with Crippen LogP contribution in [0.5, 0.6) is 0 Å². The second-order valence-corrected chi connectivity index (χ2v) is 6.77. The summed E-state index contributed by atoms with van der Waals surface area (Å²) in [5.41, 5.74) is 0. The standard InChI is InChI=1S/C16H24N2O3/c1-10(11-6-7-11)17-14(19)8-9-18-15(20)12-4-2-3-5-13(12)16(18)21/h10-13H,2-9H2,1H3,(H,17,19)/t10-,12+,13+/m1/s1. The summed E-state index contributed by atoms with van der Waals surface area (Å²) >= 11 is 0. The van der Waals surface area contributed by atoms with E-state index in [2.05, 4.69) is 5.32 Å². The number of amides is 3. The van der Waals surface area contributed by atoms with Crippen molar-refractivity contribution >= 4 is 17.7 Å². The number of fused-ring (bicyclic) bond motifs is 1. The van der Waals surface area contributed by atoms with Gasteiger partial charge in [0.05, 0.1) is 11.8 Å². The lowest BCUT2D eigenvalue weighted by Crippen LogP contribution is -2.38. The molecule has 1 N–H and O–H groups in total. The number of nitrogens with zero attached hydrogens (tertiary/aromatic N) is 1. The average molecular weight is 292 g/mol. The normalized spacial score (nSPS) is 30.2. The molecule has 3 amide bonds. The first-order valence-electron chi connectivity index (χ1n) is 8.22. The van der Waals surface area contributed by atoms with Crippen molar-refractivity contribution in [3.63, 3.8) is 0 Å². The smallest absolute Gasteiger partial charge is 0.233 e. The van der Waals surface area contributed by atoms with E-state index in [4.69, 9.17) is 0 Å². The van der Waals surface area contributed by atoms with Gasteiger partial charge in [-0.3, -0.25) is 19.3 Å². The van der Waals surface area contributed by atoms with E-state index in [1.165, 1.54) is 17.7 Å². The van der Waals surface area contributed by atoms with Crippen LogP contribution in [0.25, 0.3) is 0 Å². The van der Waals surface area contributed by atoms with Gasteiger partial charge in [0.2, 0.25) is 17.7 Å². The number of carbonyl (C=O) groups excluding carboxylic acids is 3. The molecule has 2 saturated carbocycles. The number of hydrogen-bond acceptors (Lipinski definition) is 3. The number of carbonyl (C=O) groups is 3. The molecule has 21 heavy (non-hydrogen) atoms. The highest BCUT2D eigenvalue weighted by atomic mass is 16.2. The Morgan fingerprint density at radius 3 is 2.24 bits per heavy atom. The second-order valence-electron chi connectivity index (χ2n) is 6.77. The van der Waals surface area contributed by atoms with Crippen LogP contribution in [0.15, 0.2) is 0 Å². The molecule has 0 aromatic rings. The predicted octanol–water partition coefficient (Wildman–Crippen LogP) is 1.47. The van der Waals surface area contributed by atoms with Gasteiger partial charge in [-0.15, -0.1) is 0 Å². The molecular formula is C16H24N2O3. The summed E-state index contributed by atoms with van der Waals surface area (Å²) in [5.74, 6) is 0.247. The Labute approximate surface area is 125 Å². The minimum atomic E-state index is -0.111. The highest BCUT2D eigenvalue weighted by molar-refractivity contribution is 6.05. The molecule has 116 valence electrons. The van der Waals surface area contributed by atoms with Crippen LogP contribution >= 0.6 is 0 Å². The largest absolute Gasteiger partial charge is 0.353 e. The molecule has 0 aromatic carbocycles. The summed E-state index contributed by atoms with van der Waals surface area (Å²) in [6.45, 7) is 2.27. The third-order valence-corrected chi connectivity index (χ3v) is 5.21. The zero-order valence-corrected chi connectivity index (χ0v) is 12.6. The van der Waals surface area contributed by atoms with Gasteiger partial charge in [-0.05, 0) is 38.5 Å². The number of likely N-dealkylation sites (tertiary alicyclic amines) is 1. The number of nitrogens with one attached hydrogen (secondary N) is 1. The van der Waals surface area contributed by atoms with Crippen LogP contribution in [0.4, 0.5) is 0 Å². The lowest BCUT2D eigenvalue weighted by molar-refractivity contribution is -0.140. The Morgan fingerprint density at radius 1 is 1.14 bits per heavy atom. The van der Waals surface area contributed by atoms with Gasteiger partial charge >= 0.3 is 0 Å².